The number of carbonyl (C=O) groups excluding carboxylic acids is 1. The molecule has 8 nitrogen and oxygen atoms in total. The van der Waals surface area contributed by atoms with Crippen molar-refractivity contribution >= 4 is 5.97 Å². The van der Waals surface area contributed by atoms with Crippen molar-refractivity contribution < 1.29 is 28.8 Å². The lowest BCUT2D eigenvalue weighted by molar-refractivity contribution is 0.0516. The Morgan fingerprint density at radius 1 is 1.10 bits per heavy atom. The zero-order valence-electron chi connectivity index (χ0n) is 17.7. The van der Waals surface area contributed by atoms with Crippen LogP contribution in [0.2, 0.25) is 0 Å². The Labute approximate surface area is 171 Å². The second-order valence-corrected chi connectivity index (χ2v) is 6.27. The molecule has 3 N–H and O–H groups in total. The van der Waals surface area contributed by atoms with Crippen molar-refractivity contribution in [2.24, 2.45) is 0 Å². The molecule has 0 saturated heterocycles. The molecule has 0 bridgehead atoms. The summed E-state index contributed by atoms with van der Waals surface area (Å²) in [5, 5.41) is 13.4. The number of methoxy groups -OCH3 is 3. The highest BCUT2D eigenvalue weighted by molar-refractivity contribution is 5.94. The number of benzene rings is 1. The van der Waals surface area contributed by atoms with Crippen molar-refractivity contribution in [2.45, 2.75) is 33.4 Å². The largest absolute Gasteiger partial charge is 0.493 e. The molecule has 8 heteroatoms. The van der Waals surface area contributed by atoms with E-state index in [1.807, 2.05) is 6.07 Å². The van der Waals surface area contributed by atoms with Crippen LogP contribution in [0.3, 0.4) is 0 Å². The number of rotatable bonds is 11. The Hall–Kier alpha value is -2.71. The van der Waals surface area contributed by atoms with Gasteiger partial charge in [0, 0.05) is 28.9 Å². The van der Waals surface area contributed by atoms with E-state index in [0.717, 1.165) is 18.7 Å². The molecule has 2 aromatic rings. The van der Waals surface area contributed by atoms with Crippen molar-refractivity contribution in [3.63, 3.8) is 0 Å². The molecule has 0 amide bonds. The first-order chi connectivity index (χ1) is 14.1. The van der Waals surface area contributed by atoms with E-state index in [4.69, 9.17) is 18.9 Å². The molecular formula is C21H30N2O6. The van der Waals surface area contributed by atoms with Gasteiger partial charge in [0.2, 0.25) is 5.75 Å². The van der Waals surface area contributed by atoms with Crippen LogP contribution in [0.25, 0.3) is 11.1 Å². The Kier molecular flexibility index (Phi) is 8.35. The molecule has 0 aliphatic heterocycles. The van der Waals surface area contributed by atoms with E-state index in [1.165, 1.54) is 14.2 Å². The van der Waals surface area contributed by atoms with Gasteiger partial charge in [-0.2, -0.15) is 0 Å². The number of esters is 1. The Balaban J connectivity index is 2.73. The second kappa shape index (κ2) is 10.7. The van der Waals surface area contributed by atoms with Gasteiger partial charge in [-0.1, -0.05) is 6.92 Å². The van der Waals surface area contributed by atoms with Gasteiger partial charge in [0.1, 0.15) is 5.69 Å². The maximum Gasteiger partial charge on any atom is 0.355 e. The first-order valence-corrected chi connectivity index (χ1v) is 9.59. The van der Waals surface area contributed by atoms with Crippen LogP contribution in [-0.2, 0) is 17.9 Å². The van der Waals surface area contributed by atoms with E-state index in [0.29, 0.717) is 40.5 Å². The fraction of sp³-hybridized carbons (Fsp3) is 0.476. The molecule has 0 fully saturated rings. The van der Waals surface area contributed by atoms with Crippen LogP contribution in [-0.4, -0.2) is 50.5 Å². The number of aromatic amines is 1. The number of nitrogens with one attached hydrogen (secondary N) is 2. The minimum Gasteiger partial charge on any atom is -0.493 e. The monoisotopic (exact) mass is 406 g/mol. The third-order valence-corrected chi connectivity index (χ3v) is 4.52. The van der Waals surface area contributed by atoms with Gasteiger partial charge in [0.05, 0.1) is 34.5 Å². The van der Waals surface area contributed by atoms with Crippen LogP contribution in [0, 0.1) is 0 Å². The number of hydrogen-bond acceptors (Lipinski definition) is 7. The van der Waals surface area contributed by atoms with E-state index in [-0.39, 0.29) is 18.9 Å². The molecule has 0 aliphatic rings. The van der Waals surface area contributed by atoms with Crippen LogP contribution in [0.5, 0.6) is 17.2 Å². The molecule has 1 aromatic carbocycles. The predicted molar refractivity (Wildman–Crippen MR) is 110 cm³/mol. The number of carbonyl (C=O) groups is 1. The van der Waals surface area contributed by atoms with Crippen LogP contribution >= 0.6 is 0 Å². The molecule has 29 heavy (non-hydrogen) atoms. The quantitative estimate of drug-likeness (QED) is 0.389. The maximum absolute atomic E-state index is 12.5. The smallest absolute Gasteiger partial charge is 0.355 e. The fourth-order valence-corrected chi connectivity index (χ4v) is 3.28. The number of H-pyrrole nitrogens is 1. The van der Waals surface area contributed by atoms with Crippen molar-refractivity contribution in [1.82, 2.24) is 10.3 Å². The Bertz CT molecular complexity index is 831. The van der Waals surface area contributed by atoms with E-state index < -0.39 is 5.97 Å². The average Bonchev–Trinajstić information content (AvgIpc) is 3.11. The van der Waals surface area contributed by atoms with Gasteiger partial charge in [0.15, 0.2) is 11.5 Å². The number of aliphatic hydroxyl groups excluding tert-OH is 1. The summed E-state index contributed by atoms with van der Waals surface area (Å²) in [6.07, 6.45) is 0.966. The summed E-state index contributed by atoms with van der Waals surface area (Å²) in [6, 6.07) is 3.58. The van der Waals surface area contributed by atoms with Crippen molar-refractivity contribution in [1.29, 1.82) is 0 Å². The normalized spacial score (nSPS) is 10.7. The van der Waals surface area contributed by atoms with Gasteiger partial charge in [-0.05, 0) is 32.0 Å². The van der Waals surface area contributed by atoms with Gasteiger partial charge < -0.3 is 34.4 Å². The summed E-state index contributed by atoms with van der Waals surface area (Å²) >= 11 is 0. The zero-order valence-corrected chi connectivity index (χ0v) is 17.7. The highest BCUT2D eigenvalue weighted by atomic mass is 16.5. The third kappa shape index (κ3) is 4.65. The Morgan fingerprint density at radius 2 is 1.83 bits per heavy atom. The van der Waals surface area contributed by atoms with Gasteiger partial charge >= 0.3 is 5.97 Å². The van der Waals surface area contributed by atoms with E-state index in [9.17, 15) is 9.90 Å². The minimum atomic E-state index is -0.515. The number of aromatic nitrogens is 1. The molecular weight excluding hydrogens is 376 g/mol. The molecule has 160 valence electrons. The Morgan fingerprint density at radius 3 is 2.38 bits per heavy atom. The highest BCUT2D eigenvalue weighted by Crippen LogP contribution is 2.46. The summed E-state index contributed by atoms with van der Waals surface area (Å²) in [6.45, 7) is 4.99. The molecule has 0 aliphatic carbocycles. The lowest BCUT2D eigenvalue weighted by Gasteiger charge is -2.17. The average molecular weight is 406 g/mol. The molecule has 2 rings (SSSR count). The van der Waals surface area contributed by atoms with E-state index in [1.54, 1.807) is 20.1 Å². The summed E-state index contributed by atoms with van der Waals surface area (Å²) in [5.41, 5.74) is 2.78. The van der Waals surface area contributed by atoms with Crippen LogP contribution < -0.4 is 19.5 Å². The standard InChI is InChI=1S/C21H30N2O6/c1-6-10-22-11-15-17(14(12-24)18(23-15)21(25)29-7-2)13-8-9-16(26-3)20(28-5)19(13)27-4/h8-9,22-24H,6-7,10-12H2,1-5H3. The van der Waals surface area contributed by atoms with Crippen LogP contribution in [0.4, 0.5) is 0 Å². The minimum absolute atomic E-state index is 0.231. The van der Waals surface area contributed by atoms with E-state index in [2.05, 4.69) is 17.2 Å². The third-order valence-electron chi connectivity index (χ3n) is 4.52. The summed E-state index contributed by atoms with van der Waals surface area (Å²) in [4.78, 5) is 15.6. The lowest BCUT2D eigenvalue weighted by Crippen LogP contribution is -2.15. The fourth-order valence-electron chi connectivity index (χ4n) is 3.28. The van der Waals surface area contributed by atoms with Crippen molar-refractivity contribution in [3.05, 3.63) is 29.1 Å². The van der Waals surface area contributed by atoms with Crippen LogP contribution in [0.15, 0.2) is 12.1 Å². The SMILES string of the molecule is CCCNCc1[nH]c(C(=O)OCC)c(CO)c1-c1ccc(OC)c(OC)c1OC. The van der Waals surface area contributed by atoms with Crippen molar-refractivity contribution in [2.75, 3.05) is 34.5 Å². The van der Waals surface area contributed by atoms with Gasteiger partial charge in [-0.3, -0.25) is 0 Å². The zero-order chi connectivity index (χ0) is 21.4. The van der Waals surface area contributed by atoms with Crippen molar-refractivity contribution in [3.8, 4) is 28.4 Å². The maximum atomic E-state index is 12.5. The molecule has 0 spiro atoms. The summed E-state index contributed by atoms with van der Waals surface area (Å²) in [5.74, 6) is 0.889. The molecule has 0 unspecified atom stereocenters. The molecule has 0 saturated carbocycles. The predicted octanol–water partition coefficient (Wildman–Crippen LogP) is 2.88. The number of ether oxygens (including phenoxy) is 4. The molecule has 1 heterocycles. The van der Waals surface area contributed by atoms with E-state index >= 15 is 0 Å². The van der Waals surface area contributed by atoms with Gasteiger partial charge in [-0.25, -0.2) is 4.79 Å². The highest BCUT2D eigenvalue weighted by Gasteiger charge is 2.27. The van der Waals surface area contributed by atoms with Gasteiger partial charge in [-0.15, -0.1) is 0 Å². The first kappa shape index (κ1) is 22.6. The lowest BCUT2D eigenvalue weighted by atomic mass is 9.98. The van der Waals surface area contributed by atoms with Gasteiger partial charge in [0.25, 0.3) is 0 Å². The number of aliphatic hydroxyl groups is 1. The summed E-state index contributed by atoms with van der Waals surface area (Å²) in [7, 11) is 4.61. The second-order valence-electron chi connectivity index (χ2n) is 6.27. The summed E-state index contributed by atoms with van der Waals surface area (Å²) < 4.78 is 21.6. The first-order valence-electron chi connectivity index (χ1n) is 9.59. The number of hydrogen-bond donors (Lipinski definition) is 3. The molecule has 0 radical (unpaired) electrons. The molecule has 1 aromatic heterocycles. The molecule has 0 atom stereocenters. The van der Waals surface area contributed by atoms with Crippen LogP contribution in [0.1, 0.15) is 42.0 Å². The topological polar surface area (TPSA) is 102 Å².